The number of nitrogens with zero attached hydrogens (tertiary/aromatic N) is 2. The van der Waals surface area contributed by atoms with Gasteiger partial charge in [-0.3, -0.25) is 29.8 Å². The Balaban J connectivity index is 1.87. The van der Waals surface area contributed by atoms with Crippen molar-refractivity contribution in [3.8, 4) is 5.75 Å². The van der Waals surface area contributed by atoms with Gasteiger partial charge >= 0.3 is 0 Å². The highest BCUT2D eigenvalue weighted by Crippen LogP contribution is 2.24. The fraction of sp³-hybridized carbons (Fsp3) is 0.0909. The zero-order valence-electron chi connectivity index (χ0n) is 17.3. The first-order valence-electron chi connectivity index (χ1n) is 9.53. The smallest absolute Gasteiger partial charge is 0.269 e. The lowest BCUT2D eigenvalue weighted by Crippen LogP contribution is -2.41. The molecule has 0 bridgehead atoms. The molecule has 0 heterocycles. The molecular formula is C22H18N4O7. The molecule has 0 aliphatic heterocycles. The molecule has 0 aromatic heterocycles. The van der Waals surface area contributed by atoms with Crippen molar-refractivity contribution in [1.82, 2.24) is 10.6 Å². The van der Waals surface area contributed by atoms with Crippen molar-refractivity contribution >= 4 is 23.2 Å². The van der Waals surface area contributed by atoms with Gasteiger partial charge in [0, 0.05) is 41.0 Å². The van der Waals surface area contributed by atoms with Gasteiger partial charge < -0.3 is 15.4 Å². The van der Waals surface area contributed by atoms with Gasteiger partial charge in [0.05, 0.1) is 17.0 Å². The summed E-state index contributed by atoms with van der Waals surface area (Å²) in [4.78, 5) is 46.1. The number of nitro benzene ring substituents is 2. The van der Waals surface area contributed by atoms with Gasteiger partial charge in [-0.15, -0.1) is 0 Å². The van der Waals surface area contributed by atoms with E-state index >= 15 is 0 Å². The topological polar surface area (TPSA) is 154 Å². The van der Waals surface area contributed by atoms with Crippen molar-refractivity contribution in [2.24, 2.45) is 0 Å². The largest absolute Gasteiger partial charge is 0.496 e. The molecule has 0 aliphatic rings. The molecule has 33 heavy (non-hydrogen) atoms. The van der Waals surface area contributed by atoms with Crippen LogP contribution in [0.4, 0.5) is 11.4 Å². The summed E-state index contributed by atoms with van der Waals surface area (Å²) in [5.41, 5.74) is 0.402. The van der Waals surface area contributed by atoms with Crippen molar-refractivity contribution in [1.29, 1.82) is 0 Å². The van der Waals surface area contributed by atoms with Crippen LogP contribution in [0.5, 0.6) is 5.75 Å². The average Bonchev–Trinajstić information content (AvgIpc) is 2.83. The second-order valence-electron chi connectivity index (χ2n) is 6.73. The Hall–Kier alpha value is -4.80. The zero-order valence-corrected chi connectivity index (χ0v) is 17.3. The van der Waals surface area contributed by atoms with Crippen molar-refractivity contribution < 1.29 is 24.2 Å². The molecule has 3 aromatic carbocycles. The highest BCUT2D eigenvalue weighted by Gasteiger charge is 2.22. The summed E-state index contributed by atoms with van der Waals surface area (Å²) in [6.07, 6.45) is -1.04. The van der Waals surface area contributed by atoms with Gasteiger partial charge in [0.1, 0.15) is 11.9 Å². The normalized spacial score (nSPS) is 10.4. The molecule has 0 atom stereocenters. The minimum atomic E-state index is -1.04. The number of para-hydroxylation sites is 1. The predicted molar refractivity (Wildman–Crippen MR) is 117 cm³/mol. The number of nitro groups is 2. The third kappa shape index (κ3) is 5.47. The minimum Gasteiger partial charge on any atom is -0.496 e. The van der Waals surface area contributed by atoms with E-state index in [4.69, 9.17) is 4.74 Å². The van der Waals surface area contributed by atoms with Crippen LogP contribution in [0.3, 0.4) is 0 Å². The van der Waals surface area contributed by atoms with E-state index in [1.165, 1.54) is 55.6 Å². The number of amides is 2. The Morgan fingerprint density at radius 2 is 1.18 bits per heavy atom. The van der Waals surface area contributed by atoms with Crippen molar-refractivity contribution in [3.05, 3.63) is 110 Å². The van der Waals surface area contributed by atoms with Gasteiger partial charge in [-0.1, -0.05) is 18.2 Å². The van der Waals surface area contributed by atoms with Gasteiger partial charge in [-0.2, -0.15) is 0 Å². The van der Waals surface area contributed by atoms with E-state index in [0.29, 0.717) is 11.3 Å². The van der Waals surface area contributed by atoms with Crippen LogP contribution in [0.1, 0.15) is 32.4 Å². The molecule has 11 heteroatoms. The van der Waals surface area contributed by atoms with Crippen LogP contribution in [0, 0.1) is 20.2 Å². The van der Waals surface area contributed by atoms with Crippen molar-refractivity contribution in [2.75, 3.05) is 7.11 Å². The van der Waals surface area contributed by atoms with Crippen LogP contribution in [-0.2, 0) is 0 Å². The number of benzene rings is 3. The van der Waals surface area contributed by atoms with Crippen LogP contribution in [-0.4, -0.2) is 28.8 Å². The summed E-state index contributed by atoms with van der Waals surface area (Å²) in [7, 11) is 1.44. The number of non-ortho nitro benzene ring substituents is 2. The van der Waals surface area contributed by atoms with Crippen LogP contribution in [0.2, 0.25) is 0 Å². The van der Waals surface area contributed by atoms with Gasteiger partial charge in [0.2, 0.25) is 0 Å². The molecule has 3 aromatic rings. The average molecular weight is 450 g/mol. The molecule has 0 unspecified atom stereocenters. The van der Waals surface area contributed by atoms with E-state index in [1.807, 2.05) is 0 Å². The fourth-order valence-electron chi connectivity index (χ4n) is 2.99. The van der Waals surface area contributed by atoms with Crippen LogP contribution < -0.4 is 15.4 Å². The molecule has 168 valence electrons. The van der Waals surface area contributed by atoms with Crippen molar-refractivity contribution in [3.63, 3.8) is 0 Å². The Morgan fingerprint density at radius 3 is 1.58 bits per heavy atom. The number of hydrogen-bond acceptors (Lipinski definition) is 7. The Kier molecular flexibility index (Phi) is 6.94. The van der Waals surface area contributed by atoms with Crippen LogP contribution in [0.25, 0.3) is 0 Å². The second kappa shape index (κ2) is 10.0. The lowest BCUT2D eigenvalue weighted by Gasteiger charge is -2.22. The number of nitrogens with one attached hydrogen (secondary N) is 2. The molecule has 0 aliphatic carbocycles. The molecule has 0 saturated heterocycles. The molecule has 11 nitrogen and oxygen atoms in total. The van der Waals surface area contributed by atoms with E-state index in [-0.39, 0.29) is 22.5 Å². The zero-order chi connectivity index (χ0) is 24.0. The quantitative estimate of drug-likeness (QED) is 0.303. The number of carbonyl (C=O) groups is 2. The van der Waals surface area contributed by atoms with E-state index in [9.17, 15) is 29.8 Å². The molecule has 0 saturated carbocycles. The number of methoxy groups -OCH3 is 1. The summed E-state index contributed by atoms with van der Waals surface area (Å²) in [6.45, 7) is 0. The number of rotatable bonds is 8. The fourth-order valence-corrected chi connectivity index (χ4v) is 2.99. The first kappa shape index (κ1) is 22.9. The molecule has 0 spiro atoms. The number of hydrogen-bond donors (Lipinski definition) is 2. The standard InChI is InChI=1S/C22H18N4O7/c1-33-19-5-3-2-4-18(19)20(23-21(27)14-6-10-16(11-7-14)25(29)30)24-22(28)15-8-12-17(13-9-15)26(31)32/h2-13,20H,1H3,(H,23,27)(H,24,28). The maximum atomic E-state index is 12.8. The molecule has 3 rings (SSSR count). The van der Waals surface area contributed by atoms with E-state index in [1.54, 1.807) is 24.3 Å². The van der Waals surface area contributed by atoms with Crippen LogP contribution in [0.15, 0.2) is 72.8 Å². The summed E-state index contributed by atoms with van der Waals surface area (Å²) >= 11 is 0. The first-order valence-corrected chi connectivity index (χ1v) is 9.53. The Labute approximate surface area is 187 Å². The highest BCUT2D eigenvalue weighted by atomic mass is 16.6. The maximum absolute atomic E-state index is 12.8. The summed E-state index contributed by atoms with van der Waals surface area (Å²) in [5, 5.41) is 27.0. The van der Waals surface area contributed by atoms with Crippen molar-refractivity contribution in [2.45, 2.75) is 6.17 Å². The van der Waals surface area contributed by atoms with Crippen LogP contribution >= 0.6 is 0 Å². The SMILES string of the molecule is COc1ccccc1C(NC(=O)c1ccc([N+](=O)[O-])cc1)NC(=O)c1ccc([N+](=O)[O-])cc1. The molecule has 2 N–H and O–H groups in total. The molecule has 2 amide bonds. The Bertz CT molecular complexity index is 1120. The number of carbonyl (C=O) groups excluding carboxylic acids is 2. The third-order valence-electron chi connectivity index (χ3n) is 4.68. The first-order chi connectivity index (χ1) is 15.8. The summed E-state index contributed by atoms with van der Waals surface area (Å²) < 4.78 is 5.33. The van der Waals surface area contributed by atoms with Gasteiger partial charge in [-0.05, 0) is 30.3 Å². The monoisotopic (exact) mass is 450 g/mol. The molecule has 0 radical (unpaired) electrons. The maximum Gasteiger partial charge on any atom is 0.269 e. The predicted octanol–water partition coefficient (Wildman–Crippen LogP) is 3.37. The summed E-state index contributed by atoms with van der Waals surface area (Å²) in [6, 6.07) is 16.7. The summed E-state index contributed by atoms with van der Waals surface area (Å²) in [5.74, 6) is -0.787. The number of ether oxygens (including phenoxy) is 1. The third-order valence-corrected chi connectivity index (χ3v) is 4.68. The lowest BCUT2D eigenvalue weighted by atomic mass is 10.1. The van der Waals surface area contributed by atoms with Gasteiger partial charge in [-0.25, -0.2) is 0 Å². The minimum absolute atomic E-state index is 0.144. The van der Waals surface area contributed by atoms with E-state index < -0.39 is 27.8 Å². The lowest BCUT2D eigenvalue weighted by molar-refractivity contribution is -0.385. The second-order valence-corrected chi connectivity index (χ2v) is 6.73. The highest BCUT2D eigenvalue weighted by molar-refractivity contribution is 5.97. The van der Waals surface area contributed by atoms with E-state index in [2.05, 4.69) is 10.6 Å². The van der Waals surface area contributed by atoms with Gasteiger partial charge in [0.15, 0.2) is 0 Å². The van der Waals surface area contributed by atoms with E-state index in [0.717, 1.165) is 0 Å². The Morgan fingerprint density at radius 1 is 0.758 bits per heavy atom. The van der Waals surface area contributed by atoms with Gasteiger partial charge in [0.25, 0.3) is 23.2 Å². The molecular weight excluding hydrogens is 432 g/mol. The molecule has 0 fully saturated rings.